The maximum absolute atomic E-state index is 11.9. The van der Waals surface area contributed by atoms with Gasteiger partial charge in [0.1, 0.15) is 0 Å². The lowest BCUT2D eigenvalue weighted by atomic mass is 9.88. The molecule has 2 N–H and O–H groups in total. The Kier molecular flexibility index (Phi) is 4.14. The summed E-state index contributed by atoms with van der Waals surface area (Å²) in [5.74, 6) is 0.946. The Morgan fingerprint density at radius 1 is 1.33 bits per heavy atom. The van der Waals surface area contributed by atoms with Crippen LogP contribution in [-0.4, -0.2) is 37.6 Å². The molecule has 4 nitrogen and oxygen atoms in total. The summed E-state index contributed by atoms with van der Waals surface area (Å²) in [4.78, 5) is 0. The van der Waals surface area contributed by atoms with E-state index in [0.717, 1.165) is 6.42 Å². The van der Waals surface area contributed by atoms with Crippen molar-refractivity contribution in [2.24, 2.45) is 17.6 Å². The van der Waals surface area contributed by atoms with Crippen molar-refractivity contribution in [2.45, 2.75) is 33.2 Å². The smallest absolute Gasteiger partial charge is 0.215 e. The molecule has 1 rings (SSSR count). The van der Waals surface area contributed by atoms with Gasteiger partial charge in [0.15, 0.2) is 0 Å². The molecule has 0 spiro atoms. The summed E-state index contributed by atoms with van der Waals surface area (Å²) >= 11 is 0. The minimum atomic E-state index is -3.14. The van der Waals surface area contributed by atoms with Crippen molar-refractivity contribution < 1.29 is 8.42 Å². The average Bonchev–Trinajstić information content (AvgIpc) is 2.11. The Morgan fingerprint density at radius 3 is 2.47 bits per heavy atom. The maximum Gasteiger partial charge on any atom is 0.215 e. The lowest BCUT2D eigenvalue weighted by Crippen LogP contribution is -2.50. The van der Waals surface area contributed by atoms with Crippen LogP contribution < -0.4 is 5.73 Å². The summed E-state index contributed by atoms with van der Waals surface area (Å²) < 4.78 is 25.5. The van der Waals surface area contributed by atoms with E-state index in [2.05, 4.69) is 13.8 Å². The number of sulfonamides is 1. The Morgan fingerprint density at radius 2 is 1.93 bits per heavy atom. The van der Waals surface area contributed by atoms with Crippen LogP contribution in [0, 0.1) is 11.8 Å². The van der Waals surface area contributed by atoms with E-state index in [1.54, 1.807) is 4.31 Å². The molecule has 1 heterocycles. The van der Waals surface area contributed by atoms with E-state index in [-0.39, 0.29) is 18.3 Å². The van der Waals surface area contributed by atoms with Gasteiger partial charge in [-0.15, -0.1) is 0 Å². The highest BCUT2D eigenvalue weighted by Gasteiger charge is 2.35. The van der Waals surface area contributed by atoms with Gasteiger partial charge >= 0.3 is 0 Å². The lowest BCUT2D eigenvalue weighted by Gasteiger charge is -2.39. The first-order valence-electron chi connectivity index (χ1n) is 5.58. The van der Waals surface area contributed by atoms with Crippen molar-refractivity contribution in [1.29, 1.82) is 0 Å². The Labute approximate surface area is 92.9 Å². The fourth-order valence-corrected chi connectivity index (χ4v) is 4.02. The van der Waals surface area contributed by atoms with E-state index >= 15 is 0 Å². The normalized spacial score (nSPS) is 34.3. The topological polar surface area (TPSA) is 63.4 Å². The van der Waals surface area contributed by atoms with Crippen LogP contribution in [0.15, 0.2) is 0 Å². The number of hydrogen-bond acceptors (Lipinski definition) is 3. The molecule has 1 aliphatic heterocycles. The van der Waals surface area contributed by atoms with Crippen molar-refractivity contribution in [3.8, 4) is 0 Å². The summed E-state index contributed by atoms with van der Waals surface area (Å²) in [7, 11) is -3.14. The van der Waals surface area contributed by atoms with E-state index in [0.29, 0.717) is 18.4 Å². The monoisotopic (exact) mass is 234 g/mol. The second kappa shape index (κ2) is 4.80. The number of rotatable bonds is 3. The van der Waals surface area contributed by atoms with Gasteiger partial charge in [0.2, 0.25) is 10.0 Å². The number of nitrogens with two attached hydrogens (primary N) is 1. The maximum atomic E-state index is 11.9. The van der Waals surface area contributed by atoms with Gasteiger partial charge in [0.05, 0.1) is 5.75 Å². The van der Waals surface area contributed by atoms with Crippen LogP contribution in [0.3, 0.4) is 0 Å². The molecule has 0 aromatic heterocycles. The predicted molar refractivity (Wildman–Crippen MR) is 62.0 cm³/mol. The molecule has 1 saturated heterocycles. The van der Waals surface area contributed by atoms with Gasteiger partial charge in [-0.1, -0.05) is 13.8 Å². The molecule has 5 heteroatoms. The Hall–Kier alpha value is -0.130. The van der Waals surface area contributed by atoms with Crippen LogP contribution in [0.2, 0.25) is 0 Å². The molecule has 3 unspecified atom stereocenters. The highest BCUT2D eigenvalue weighted by Crippen LogP contribution is 2.28. The van der Waals surface area contributed by atoms with Gasteiger partial charge in [-0.05, 0) is 25.2 Å². The van der Waals surface area contributed by atoms with Crippen LogP contribution in [0.1, 0.15) is 27.2 Å². The van der Waals surface area contributed by atoms with E-state index in [1.807, 2.05) is 6.92 Å². The summed E-state index contributed by atoms with van der Waals surface area (Å²) in [6.07, 6.45) is 1.11. The van der Waals surface area contributed by atoms with E-state index < -0.39 is 10.0 Å². The second-order valence-electron chi connectivity index (χ2n) is 4.73. The van der Waals surface area contributed by atoms with Gasteiger partial charge in [-0.25, -0.2) is 8.42 Å². The summed E-state index contributed by atoms with van der Waals surface area (Å²) in [6, 6.07) is 0.109. The highest BCUT2D eigenvalue weighted by atomic mass is 32.2. The van der Waals surface area contributed by atoms with Crippen LogP contribution >= 0.6 is 0 Å². The molecule has 0 bridgehead atoms. The molecule has 0 aliphatic carbocycles. The van der Waals surface area contributed by atoms with Crippen molar-refractivity contribution in [3.05, 3.63) is 0 Å². The molecular weight excluding hydrogens is 212 g/mol. The number of hydrogen-bond donors (Lipinski definition) is 1. The molecule has 3 atom stereocenters. The minimum Gasteiger partial charge on any atom is -0.329 e. The fraction of sp³-hybridized carbons (Fsp3) is 1.00. The van der Waals surface area contributed by atoms with Gasteiger partial charge in [-0.2, -0.15) is 4.31 Å². The molecule has 0 aromatic rings. The Bertz CT molecular complexity index is 303. The molecule has 0 saturated carbocycles. The van der Waals surface area contributed by atoms with Crippen LogP contribution in [-0.2, 0) is 10.0 Å². The fourth-order valence-electron chi connectivity index (χ4n) is 2.30. The quantitative estimate of drug-likeness (QED) is 0.779. The molecule has 1 aliphatic rings. The zero-order valence-corrected chi connectivity index (χ0v) is 10.6. The highest BCUT2D eigenvalue weighted by molar-refractivity contribution is 7.89. The lowest BCUT2D eigenvalue weighted by molar-refractivity contribution is 0.157. The first-order valence-corrected chi connectivity index (χ1v) is 7.19. The molecule has 0 amide bonds. The molecule has 15 heavy (non-hydrogen) atoms. The van der Waals surface area contributed by atoms with Crippen LogP contribution in [0.5, 0.6) is 0 Å². The molecule has 1 fully saturated rings. The summed E-state index contributed by atoms with van der Waals surface area (Å²) in [5.41, 5.74) is 5.33. The van der Waals surface area contributed by atoms with Crippen molar-refractivity contribution >= 4 is 10.0 Å². The van der Waals surface area contributed by atoms with Crippen molar-refractivity contribution in [3.63, 3.8) is 0 Å². The average molecular weight is 234 g/mol. The Balaban J connectivity index is 2.83. The van der Waals surface area contributed by atoms with Crippen LogP contribution in [0.4, 0.5) is 0 Å². The van der Waals surface area contributed by atoms with Gasteiger partial charge in [0, 0.05) is 19.1 Å². The third kappa shape index (κ3) is 2.92. The molecule has 0 radical (unpaired) electrons. The second-order valence-corrected chi connectivity index (χ2v) is 6.77. The first kappa shape index (κ1) is 12.9. The van der Waals surface area contributed by atoms with E-state index in [4.69, 9.17) is 5.73 Å². The third-order valence-electron chi connectivity index (χ3n) is 3.28. The predicted octanol–water partition coefficient (Wildman–Crippen LogP) is 0.641. The standard InChI is InChI=1S/C10H22N2O2S/c1-8-6-9(2)10(3)12(7-8)15(13,14)5-4-11/h8-10H,4-7,11H2,1-3H3. The van der Waals surface area contributed by atoms with Crippen molar-refractivity contribution in [2.75, 3.05) is 18.8 Å². The summed E-state index contributed by atoms with van der Waals surface area (Å²) in [5, 5.41) is 0. The van der Waals surface area contributed by atoms with E-state index in [9.17, 15) is 8.42 Å². The van der Waals surface area contributed by atoms with E-state index in [1.165, 1.54) is 0 Å². The SMILES string of the molecule is CC1CC(C)C(C)N(S(=O)(=O)CCN)C1. The first-order chi connectivity index (χ1) is 6.88. The van der Waals surface area contributed by atoms with Crippen molar-refractivity contribution in [1.82, 2.24) is 4.31 Å². The van der Waals surface area contributed by atoms with Crippen LogP contribution in [0.25, 0.3) is 0 Å². The van der Waals surface area contributed by atoms with Gasteiger partial charge in [-0.3, -0.25) is 0 Å². The minimum absolute atomic E-state index is 0.0663. The van der Waals surface area contributed by atoms with Gasteiger partial charge in [0.25, 0.3) is 0 Å². The molecule has 90 valence electrons. The third-order valence-corrected chi connectivity index (χ3v) is 5.22. The number of nitrogens with zero attached hydrogens (tertiary/aromatic N) is 1. The largest absolute Gasteiger partial charge is 0.329 e. The number of piperidine rings is 1. The zero-order valence-electron chi connectivity index (χ0n) is 9.81. The molecule has 0 aromatic carbocycles. The van der Waals surface area contributed by atoms with Gasteiger partial charge < -0.3 is 5.73 Å². The zero-order chi connectivity index (χ0) is 11.6. The molecular formula is C10H22N2O2S. The summed E-state index contributed by atoms with van der Waals surface area (Å²) in [6.45, 7) is 7.06.